The Kier molecular flexibility index (Phi) is 8.08. The van der Waals surface area contributed by atoms with Crippen LogP contribution in [0.15, 0.2) is 103 Å². The summed E-state index contributed by atoms with van der Waals surface area (Å²) < 4.78 is 14.0. The molecule has 6 rings (SSSR count). The molecule has 1 aliphatic heterocycles. The fourth-order valence-corrected chi connectivity index (χ4v) is 5.66. The summed E-state index contributed by atoms with van der Waals surface area (Å²) in [5, 5.41) is 1.82. The minimum absolute atomic E-state index is 0.137. The SMILES string of the molecule is Cc1ccc(Cn2cc([C@H](CC(=O)N3CCOCC3)c3cccc(Oc4ccc(Cl)cc4)c3)c3ccccc32)cc1. The second kappa shape index (κ2) is 12.2. The van der Waals surface area contributed by atoms with Gasteiger partial charge in [0.05, 0.1) is 13.2 Å². The van der Waals surface area contributed by atoms with E-state index < -0.39 is 0 Å². The minimum Gasteiger partial charge on any atom is -0.457 e. The number of carbonyl (C=O) groups excluding carboxylic acids is 1. The summed E-state index contributed by atoms with van der Waals surface area (Å²) in [6.07, 6.45) is 2.59. The Morgan fingerprint density at radius 1 is 0.902 bits per heavy atom. The van der Waals surface area contributed by atoms with Gasteiger partial charge in [0, 0.05) is 54.1 Å². The predicted molar refractivity (Wildman–Crippen MR) is 164 cm³/mol. The van der Waals surface area contributed by atoms with Crippen LogP contribution in [-0.4, -0.2) is 41.7 Å². The zero-order valence-electron chi connectivity index (χ0n) is 23.1. The van der Waals surface area contributed by atoms with Gasteiger partial charge < -0.3 is 18.9 Å². The van der Waals surface area contributed by atoms with Gasteiger partial charge in [0.25, 0.3) is 0 Å². The molecule has 1 atom stereocenters. The predicted octanol–water partition coefficient (Wildman–Crippen LogP) is 7.82. The number of hydrogen-bond donors (Lipinski definition) is 0. The van der Waals surface area contributed by atoms with E-state index in [2.05, 4.69) is 78.4 Å². The first-order valence-electron chi connectivity index (χ1n) is 14.1. The van der Waals surface area contributed by atoms with E-state index in [0.717, 1.165) is 34.3 Å². The number of para-hydroxylation sites is 1. The van der Waals surface area contributed by atoms with E-state index in [9.17, 15) is 4.79 Å². The van der Waals surface area contributed by atoms with Crippen molar-refractivity contribution >= 4 is 28.4 Å². The van der Waals surface area contributed by atoms with Crippen molar-refractivity contribution in [2.75, 3.05) is 26.3 Å². The molecule has 208 valence electrons. The maximum absolute atomic E-state index is 13.6. The Morgan fingerprint density at radius 2 is 1.66 bits per heavy atom. The normalized spacial score (nSPS) is 14.2. The molecule has 0 bridgehead atoms. The quantitative estimate of drug-likeness (QED) is 0.193. The molecule has 0 spiro atoms. The van der Waals surface area contributed by atoms with Crippen LogP contribution in [0, 0.1) is 6.92 Å². The molecule has 5 nitrogen and oxygen atoms in total. The van der Waals surface area contributed by atoms with E-state index in [0.29, 0.717) is 43.5 Å². The van der Waals surface area contributed by atoms with Crippen molar-refractivity contribution in [1.29, 1.82) is 0 Å². The number of morpholine rings is 1. The fourth-order valence-electron chi connectivity index (χ4n) is 5.53. The molecule has 1 aliphatic rings. The third-order valence-corrected chi connectivity index (χ3v) is 7.97. The second-order valence-corrected chi connectivity index (χ2v) is 11.0. The number of benzene rings is 4. The van der Waals surface area contributed by atoms with Crippen molar-refractivity contribution in [1.82, 2.24) is 9.47 Å². The molecule has 2 heterocycles. The van der Waals surface area contributed by atoms with Crippen LogP contribution in [0.5, 0.6) is 11.5 Å². The molecule has 0 unspecified atom stereocenters. The van der Waals surface area contributed by atoms with Gasteiger partial charge >= 0.3 is 0 Å². The monoisotopic (exact) mass is 564 g/mol. The highest BCUT2D eigenvalue weighted by Crippen LogP contribution is 2.37. The summed E-state index contributed by atoms with van der Waals surface area (Å²) in [6, 6.07) is 32.6. The van der Waals surface area contributed by atoms with E-state index in [-0.39, 0.29) is 11.8 Å². The number of ether oxygens (including phenoxy) is 2. The Labute approximate surface area is 245 Å². The molecule has 1 saturated heterocycles. The number of nitrogens with zero attached hydrogens (tertiary/aromatic N) is 2. The second-order valence-electron chi connectivity index (χ2n) is 10.6. The Hall–Kier alpha value is -4.06. The van der Waals surface area contributed by atoms with Crippen LogP contribution in [0.4, 0.5) is 0 Å². The molecule has 1 fully saturated rings. The molecule has 4 aromatic carbocycles. The van der Waals surface area contributed by atoms with Crippen molar-refractivity contribution < 1.29 is 14.3 Å². The third-order valence-electron chi connectivity index (χ3n) is 7.72. The molecule has 0 radical (unpaired) electrons. The van der Waals surface area contributed by atoms with Crippen molar-refractivity contribution in [3.63, 3.8) is 0 Å². The van der Waals surface area contributed by atoms with E-state index in [1.807, 2.05) is 41.3 Å². The molecule has 6 heteroatoms. The van der Waals surface area contributed by atoms with Crippen LogP contribution in [0.3, 0.4) is 0 Å². The highest BCUT2D eigenvalue weighted by atomic mass is 35.5. The van der Waals surface area contributed by atoms with Crippen molar-refractivity contribution in [2.24, 2.45) is 0 Å². The Balaban J connectivity index is 1.39. The van der Waals surface area contributed by atoms with Crippen molar-refractivity contribution in [3.8, 4) is 11.5 Å². The summed E-state index contributed by atoms with van der Waals surface area (Å²) in [5.41, 5.74) is 5.81. The summed E-state index contributed by atoms with van der Waals surface area (Å²) >= 11 is 6.07. The highest BCUT2D eigenvalue weighted by Gasteiger charge is 2.26. The molecule has 1 aromatic heterocycles. The fraction of sp³-hybridized carbons (Fsp3) is 0.229. The first-order chi connectivity index (χ1) is 20.0. The van der Waals surface area contributed by atoms with E-state index in [4.69, 9.17) is 21.1 Å². The topological polar surface area (TPSA) is 43.7 Å². The largest absolute Gasteiger partial charge is 0.457 e. The number of fused-ring (bicyclic) bond motifs is 1. The lowest BCUT2D eigenvalue weighted by Crippen LogP contribution is -2.41. The van der Waals surface area contributed by atoms with Crippen LogP contribution >= 0.6 is 11.6 Å². The summed E-state index contributed by atoms with van der Waals surface area (Å²) in [7, 11) is 0. The Morgan fingerprint density at radius 3 is 2.44 bits per heavy atom. The van der Waals surface area contributed by atoms with Gasteiger partial charge in [0.1, 0.15) is 11.5 Å². The van der Waals surface area contributed by atoms with Gasteiger partial charge in [-0.3, -0.25) is 4.79 Å². The van der Waals surface area contributed by atoms with E-state index in [1.54, 1.807) is 0 Å². The molecule has 41 heavy (non-hydrogen) atoms. The number of aryl methyl sites for hydroxylation is 1. The summed E-state index contributed by atoms with van der Waals surface area (Å²) in [5.74, 6) is 1.42. The van der Waals surface area contributed by atoms with Gasteiger partial charge in [0.15, 0.2) is 0 Å². The standard InChI is InChI=1S/C35H33ClN2O3/c1-25-9-11-26(12-10-25)23-38-24-33(31-7-2-3-8-34(31)38)32(22-35(39)37-17-19-40-20-18-37)27-5-4-6-30(21-27)41-29-15-13-28(36)14-16-29/h2-16,21,24,32H,17-20,22-23H2,1H3/t32-/m1/s1. The highest BCUT2D eigenvalue weighted by molar-refractivity contribution is 6.30. The zero-order valence-corrected chi connectivity index (χ0v) is 23.9. The van der Waals surface area contributed by atoms with Gasteiger partial charge in [-0.15, -0.1) is 0 Å². The number of amides is 1. The molecule has 0 aliphatic carbocycles. The molecule has 0 N–H and O–H groups in total. The average molecular weight is 565 g/mol. The number of carbonyl (C=O) groups is 1. The number of halogens is 1. The number of hydrogen-bond acceptors (Lipinski definition) is 3. The number of rotatable bonds is 8. The lowest BCUT2D eigenvalue weighted by Gasteiger charge is -2.29. The van der Waals surface area contributed by atoms with Gasteiger partial charge in [-0.25, -0.2) is 0 Å². The Bertz CT molecular complexity index is 1640. The minimum atomic E-state index is -0.150. The molecular formula is C35H33ClN2O3. The maximum atomic E-state index is 13.6. The van der Waals surface area contributed by atoms with Crippen molar-refractivity contribution in [3.05, 3.63) is 131 Å². The van der Waals surface area contributed by atoms with E-state index >= 15 is 0 Å². The van der Waals surface area contributed by atoms with Crippen LogP contribution in [0.2, 0.25) is 5.02 Å². The number of aromatic nitrogens is 1. The van der Waals surface area contributed by atoms with Crippen LogP contribution in [0.1, 0.15) is 34.6 Å². The van der Waals surface area contributed by atoms with Gasteiger partial charge in [-0.1, -0.05) is 71.8 Å². The van der Waals surface area contributed by atoms with Gasteiger partial charge in [-0.05, 0) is 66.1 Å². The van der Waals surface area contributed by atoms with Crippen molar-refractivity contribution in [2.45, 2.75) is 25.8 Å². The van der Waals surface area contributed by atoms with Gasteiger partial charge in [0.2, 0.25) is 5.91 Å². The molecule has 0 saturated carbocycles. The van der Waals surface area contributed by atoms with E-state index in [1.165, 1.54) is 11.1 Å². The zero-order chi connectivity index (χ0) is 28.2. The van der Waals surface area contributed by atoms with Gasteiger partial charge in [-0.2, -0.15) is 0 Å². The molecule has 5 aromatic rings. The van der Waals surface area contributed by atoms with Crippen LogP contribution in [-0.2, 0) is 16.1 Å². The lowest BCUT2D eigenvalue weighted by molar-refractivity contribution is -0.135. The lowest BCUT2D eigenvalue weighted by atomic mass is 9.87. The average Bonchev–Trinajstić information content (AvgIpc) is 3.36. The summed E-state index contributed by atoms with van der Waals surface area (Å²) in [4.78, 5) is 15.6. The third kappa shape index (κ3) is 6.32. The van der Waals surface area contributed by atoms with Crippen LogP contribution < -0.4 is 4.74 Å². The summed E-state index contributed by atoms with van der Waals surface area (Å²) in [6.45, 7) is 5.27. The smallest absolute Gasteiger partial charge is 0.223 e. The maximum Gasteiger partial charge on any atom is 0.223 e. The molecule has 1 amide bonds. The molecular weight excluding hydrogens is 532 g/mol. The van der Waals surface area contributed by atoms with Crippen LogP contribution in [0.25, 0.3) is 10.9 Å². The first kappa shape index (κ1) is 27.1. The first-order valence-corrected chi connectivity index (χ1v) is 14.4.